The molecule has 19 heavy (non-hydrogen) atoms. The lowest BCUT2D eigenvalue weighted by atomic mass is 10.1. The summed E-state index contributed by atoms with van der Waals surface area (Å²) in [5, 5.41) is 11.4. The maximum absolute atomic E-state index is 12.3. The summed E-state index contributed by atoms with van der Waals surface area (Å²) in [6.45, 7) is 4.33. The summed E-state index contributed by atoms with van der Waals surface area (Å²) >= 11 is 0. The minimum absolute atomic E-state index is 0.0209. The Bertz CT molecular complexity index is 410. The summed E-state index contributed by atoms with van der Waals surface area (Å²) in [5.41, 5.74) is 5.43. The van der Waals surface area contributed by atoms with E-state index in [-0.39, 0.29) is 24.3 Å². The van der Waals surface area contributed by atoms with Crippen molar-refractivity contribution in [1.29, 1.82) is 0 Å². The third kappa shape index (κ3) is 4.63. The van der Waals surface area contributed by atoms with Gasteiger partial charge in [0.15, 0.2) is 0 Å². The molecule has 4 N–H and O–H groups in total. The van der Waals surface area contributed by atoms with Crippen LogP contribution in [0.4, 0.5) is 0 Å². The molecule has 7 nitrogen and oxygen atoms in total. The van der Waals surface area contributed by atoms with E-state index in [1.165, 1.54) is 4.31 Å². The Kier molecular flexibility index (Phi) is 6.02. The first kappa shape index (κ1) is 16.2. The molecule has 0 spiro atoms. The summed E-state index contributed by atoms with van der Waals surface area (Å²) in [6, 6.07) is -0.331. The lowest BCUT2D eigenvalue weighted by Gasteiger charge is -2.33. The zero-order valence-corrected chi connectivity index (χ0v) is 12.4. The zero-order valence-electron chi connectivity index (χ0n) is 11.5. The van der Waals surface area contributed by atoms with Gasteiger partial charge in [0.05, 0.1) is 0 Å². The van der Waals surface area contributed by atoms with Gasteiger partial charge in [-0.3, -0.25) is 0 Å². The number of hydrogen-bond acceptors (Lipinski definition) is 4. The van der Waals surface area contributed by atoms with Crippen molar-refractivity contribution in [2.75, 3.05) is 6.54 Å². The van der Waals surface area contributed by atoms with Crippen molar-refractivity contribution in [1.82, 2.24) is 9.03 Å². The molecule has 1 fully saturated rings. The van der Waals surface area contributed by atoms with Crippen LogP contribution in [0.3, 0.4) is 0 Å². The Labute approximate surface area is 115 Å². The minimum atomic E-state index is -3.51. The molecule has 1 heterocycles. The van der Waals surface area contributed by atoms with E-state index in [1.54, 1.807) is 0 Å². The quantitative estimate of drug-likeness (QED) is 0.288. The van der Waals surface area contributed by atoms with Crippen LogP contribution in [0, 0.1) is 0 Å². The van der Waals surface area contributed by atoms with E-state index in [0.29, 0.717) is 13.0 Å². The molecule has 112 valence electrons. The fraction of sp³-hybridized carbons (Fsp3) is 0.909. The van der Waals surface area contributed by atoms with Crippen molar-refractivity contribution in [3.63, 3.8) is 0 Å². The van der Waals surface area contributed by atoms with Crippen LogP contribution in [0.2, 0.25) is 0 Å². The van der Waals surface area contributed by atoms with E-state index in [0.717, 1.165) is 19.3 Å². The van der Waals surface area contributed by atoms with Crippen LogP contribution in [0.15, 0.2) is 5.16 Å². The van der Waals surface area contributed by atoms with E-state index in [4.69, 9.17) is 10.9 Å². The molecule has 0 aliphatic carbocycles. The third-order valence-electron chi connectivity index (χ3n) is 3.44. The number of oxime groups is 1. The highest BCUT2D eigenvalue weighted by Crippen LogP contribution is 2.19. The second-order valence-electron chi connectivity index (χ2n) is 4.98. The monoisotopic (exact) mass is 292 g/mol. The minimum Gasteiger partial charge on any atom is -0.409 e. The summed E-state index contributed by atoms with van der Waals surface area (Å²) in [6.07, 6.45) is 3.63. The van der Waals surface area contributed by atoms with E-state index in [9.17, 15) is 8.42 Å². The van der Waals surface area contributed by atoms with Crippen LogP contribution in [0.5, 0.6) is 0 Å². The topological polar surface area (TPSA) is 108 Å². The second kappa shape index (κ2) is 7.06. The first-order valence-electron chi connectivity index (χ1n) is 6.66. The molecule has 1 aliphatic rings. The van der Waals surface area contributed by atoms with Crippen LogP contribution < -0.4 is 10.5 Å². The number of nitrogens with two attached hydrogens (primary N) is 1. The number of amidine groups is 1. The van der Waals surface area contributed by atoms with Gasteiger partial charge in [-0.15, -0.1) is 0 Å². The molecule has 0 aromatic heterocycles. The highest BCUT2D eigenvalue weighted by atomic mass is 32.2. The van der Waals surface area contributed by atoms with Gasteiger partial charge in [0.2, 0.25) is 0 Å². The van der Waals surface area contributed by atoms with Crippen molar-refractivity contribution >= 4 is 16.0 Å². The second-order valence-corrected chi connectivity index (χ2v) is 6.63. The van der Waals surface area contributed by atoms with Crippen molar-refractivity contribution < 1.29 is 13.6 Å². The number of nitrogens with zero attached hydrogens (tertiary/aromatic N) is 2. The summed E-state index contributed by atoms with van der Waals surface area (Å²) in [7, 11) is -3.51. The van der Waals surface area contributed by atoms with Crippen molar-refractivity contribution in [2.24, 2.45) is 10.9 Å². The highest BCUT2D eigenvalue weighted by Gasteiger charge is 2.31. The van der Waals surface area contributed by atoms with Crippen molar-refractivity contribution in [3.8, 4) is 0 Å². The molecule has 1 saturated heterocycles. The molecule has 1 rings (SSSR count). The van der Waals surface area contributed by atoms with Crippen LogP contribution in [0.1, 0.15) is 46.0 Å². The fourth-order valence-corrected chi connectivity index (χ4v) is 4.03. The van der Waals surface area contributed by atoms with Crippen LogP contribution in [0.25, 0.3) is 0 Å². The van der Waals surface area contributed by atoms with E-state index in [1.807, 2.05) is 13.8 Å². The normalized spacial score (nSPS) is 24.3. The van der Waals surface area contributed by atoms with Gasteiger partial charge >= 0.3 is 0 Å². The van der Waals surface area contributed by atoms with Crippen LogP contribution >= 0.6 is 0 Å². The first-order chi connectivity index (χ1) is 8.90. The molecule has 2 atom stereocenters. The highest BCUT2D eigenvalue weighted by molar-refractivity contribution is 7.87. The first-order valence-corrected chi connectivity index (χ1v) is 8.10. The number of hydrogen-bond donors (Lipinski definition) is 3. The van der Waals surface area contributed by atoms with E-state index in [2.05, 4.69) is 9.88 Å². The maximum atomic E-state index is 12.3. The largest absolute Gasteiger partial charge is 0.409 e. The van der Waals surface area contributed by atoms with Crippen molar-refractivity contribution in [3.05, 3.63) is 0 Å². The number of piperidine rings is 1. The van der Waals surface area contributed by atoms with Gasteiger partial charge in [-0.2, -0.15) is 17.4 Å². The SMILES string of the molecule is CCC(CC(N)=NO)NS(=O)(=O)N1CCCCC1C. The van der Waals surface area contributed by atoms with Crippen molar-refractivity contribution in [2.45, 2.75) is 58.0 Å². The Hall–Kier alpha value is -0.860. The molecule has 0 amide bonds. The lowest BCUT2D eigenvalue weighted by Crippen LogP contribution is -2.51. The van der Waals surface area contributed by atoms with Gasteiger partial charge in [-0.1, -0.05) is 18.5 Å². The summed E-state index contributed by atoms with van der Waals surface area (Å²) in [4.78, 5) is 0. The Morgan fingerprint density at radius 2 is 2.26 bits per heavy atom. The average molecular weight is 292 g/mol. The number of rotatable bonds is 6. The fourth-order valence-electron chi connectivity index (χ4n) is 2.27. The number of nitrogens with one attached hydrogen (secondary N) is 1. The molecule has 8 heteroatoms. The Balaban J connectivity index is 2.71. The van der Waals surface area contributed by atoms with E-state index >= 15 is 0 Å². The molecule has 0 bridgehead atoms. The molecule has 0 saturated carbocycles. The third-order valence-corrected chi connectivity index (χ3v) is 5.23. The molecular weight excluding hydrogens is 268 g/mol. The molecule has 1 aliphatic heterocycles. The molecule has 2 unspecified atom stereocenters. The van der Waals surface area contributed by atoms with Gasteiger partial charge in [-0.05, 0) is 26.2 Å². The van der Waals surface area contributed by atoms with Gasteiger partial charge in [0, 0.05) is 25.0 Å². The molecule has 0 radical (unpaired) electrons. The summed E-state index contributed by atoms with van der Waals surface area (Å²) in [5.74, 6) is 0.0289. The lowest BCUT2D eigenvalue weighted by molar-refractivity contribution is 0.263. The standard InChI is InChI=1S/C11H24N4O3S/c1-3-10(8-11(12)13-16)14-19(17,18)15-7-5-4-6-9(15)2/h9-10,14,16H,3-8H2,1-2H3,(H2,12,13). The van der Waals surface area contributed by atoms with E-state index < -0.39 is 10.2 Å². The average Bonchev–Trinajstić information content (AvgIpc) is 2.37. The Morgan fingerprint density at radius 1 is 1.58 bits per heavy atom. The predicted octanol–water partition coefficient (Wildman–Crippen LogP) is 0.610. The van der Waals surface area contributed by atoms with Gasteiger partial charge in [-0.25, -0.2) is 0 Å². The predicted molar refractivity (Wildman–Crippen MR) is 74.2 cm³/mol. The summed E-state index contributed by atoms with van der Waals surface area (Å²) < 4.78 is 28.8. The smallest absolute Gasteiger partial charge is 0.279 e. The molecule has 0 aromatic rings. The van der Waals surface area contributed by atoms with Crippen LogP contribution in [-0.2, 0) is 10.2 Å². The Morgan fingerprint density at radius 3 is 2.79 bits per heavy atom. The van der Waals surface area contributed by atoms with Gasteiger partial charge in [0.1, 0.15) is 5.84 Å². The molecular formula is C11H24N4O3S. The molecule has 0 aromatic carbocycles. The maximum Gasteiger partial charge on any atom is 0.279 e. The van der Waals surface area contributed by atoms with Crippen LogP contribution in [-0.4, -0.2) is 42.4 Å². The van der Waals surface area contributed by atoms with Gasteiger partial charge in [0.25, 0.3) is 10.2 Å². The zero-order chi connectivity index (χ0) is 14.5. The van der Waals surface area contributed by atoms with Gasteiger partial charge < -0.3 is 10.9 Å².